The summed E-state index contributed by atoms with van der Waals surface area (Å²) in [7, 11) is 0. The van der Waals surface area contributed by atoms with Crippen LogP contribution < -0.4 is 5.73 Å². The lowest BCUT2D eigenvalue weighted by molar-refractivity contribution is -0.166. The smallest absolute Gasteiger partial charge is 0.329 e. The average molecular weight is 284 g/mol. The fourth-order valence-corrected chi connectivity index (χ4v) is 3.11. The van der Waals surface area contributed by atoms with Crippen molar-refractivity contribution in [1.82, 2.24) is 4.90 Å². The van der Waals surface area contributed by atoms with Crippen molar-refractivity contribution in [2.75, 3.05) is 6.61 Å². The van der Waals surface area contributed by atoms with Crippen LogP contribution in [0.1, 0.15) is 40.0 Å². The van der Waals surface area contributed by atoms with E-state index in [1.165, 1.54) is 0 Å². The quantitative estimate of drug-likeness (QED) is 0.698. The third-order valence-electron chi connectivity index (χ3n) is 4.04. The molecule has 6 nitrogen and oxygen atoms in total. The minimum atomic E-state index is -0.723. The lowest BCUT2D eigenvalue weighted by Crippen LogP contribution is -2.59. The van der Waals surface area contributed by atoms with E-state index in [1.54, 1.807) is 4.90 Å². The Kier molecular flexibility index (Phi) is 4.07. The number of nitrogens with two attached hydrogens (primary N) is 1. The predicted molar refractivity (Wildman–Crippen MR) is 72.7 cm³/mol. The minimum absolute atomic E-state index is 0.00281. The highest BCUT2D eigenvalue weighted by molar-refractivity contribution is 5.89. The van der Waals surface area contributed by atoms with Crippen molar-refractivity contribution < 1.29 is 19.4 Å². The van der Waals surface area contributed by atoms with Crippen LogP contribution in [0.5, 0.6) is 0 Å². The average Bonchev–Trinajstić information content (AvgIpc) is 2.75. The molecule has 2 heterocycles. The van der Waals surface area contributed by atoms with E-state index >= 15 is 0 Å². The SMILES string of the molecule is CC(C)(C)OC(=O)[C@@H]1CC[C@@H]2C[C@H](CO)[C@H](N)C(=O)N21. The third kappa shape index (κ3) is 2.81. The molecule has 0 unspecified atom stereocenters. The van der Waals surface area contributed by atoms with Crippen LogP contribution in [-0.4, -0.2) is 52.2 Å². The zero-order valence-electron chi connectivity index (χ0n) is 12.3. The van der Waals surface area contributed by atoms with E-state index in [2.05, 4.69) is 0 Å². The van der Waals surface area contributed by atoms with Crippen molar-refractivity contribution in [3.8, 4) is 0 Å². The first-order valence-corrected chi connectivity index (χ1v) is 7.16. The summed E-state index contributed by atoms with van der Waals surface area (Å²) in [5, 5.41) is 9.28. The van der Waals surface area contributed by atoms with Gasteiger partial charge in [-0.3, -0.25) is 4.79 Å². The highest BCUT2D eigenvalue weighted by Gasteiger charge is 2.49. The largest absolute Gasteiger partial charge is 0.458 e. The number of hydrogen-bond acceptors (Lipinski definition) is 5. The Labute approximate surface area is 119 Å². The molecule has 114 valence electrons. The molecule has 2 rings (SSSR count). The van der Waals surface area contributed by atoms with Crippen LogP contribution in [0.2, 0.25) is 0 Å². The van der Waals surface area contributed by atoms with Gasteiger partial charge in [0.2, 0.25) is 5.91 Å². The van der Waals surface area contributed by atoms with Crippen molar-refractivity contribution in [2.45, 2.75) is 63.8 Å². The number of piperidine rings is 1. The van der Waals surface area contributed by atoms with Gasteiger partial charge in [0, 0.05) is 18.6 Å². The van der Waals surface area contributed by atoms with E-state index in [1.807, 2.05) is 20.8 Å². The zero-order valence-corrected chi connectivity index (χ0v) is 12.3. The molecule has 0 aromatic carbocycles. The maximum absolute atomic E-state index is 12.3. The van der Waals surface area contributed by atoms with Gasteiger partial charge in [-0.25, -0.2) is 4.79 Å². The van der Waals surface area contributed by atoms with Crippen LogP contribution in [0, 0.1) is 5.92 Å². The lowest BCUT2D eigenvalue weighted by Gasteiger charge is -2.40. The molecule has 0 bridgehead atoms. The maximum Gasteiger partial charge on any atom is 0.329 e. The van der Waals surface area contributed by atoms with Gasteiger partial charge in [-0.1, -0.05) is 0 Å². The molecule has 0 aliphatic carbocycles. The van der Waals surface area contributed by atoms with Crippen LogP contribution in [0.25, 0.3) is 0 Å². The molecule has 0 aromatic heterocycles. The molecule has 2 saturated heterocycles. The van der Waals surface area contributed by atoms with Gasteiger partial charge in [-0.05, 0) is 40.0 Å². The lowest BCUT2D eigenvalue weighted by atomic mass is 9.87. The topological polar surface area (TPSA) is 92.9 Å². The van der Waals surface area contributed by atoms with Crippen molar-refractivity contribution >= 4 is 11.9 Å². The molecular weight excluding hydrogens is 260 g/mol. The van der Waals surface area contributed by atoms with E-state index in [0.717, 1.165) is 6.42 Å². The number of carbonyl (C=O) groups is 2. The summed E-state index contributed by atoms with van der Waals surface area (Å²) in [6.07, 6.45) is 2.03. The fraction of sp³-hybridized carbons (Fsp3) is 0.857. The molecule has 2 aliphatic heterocycles. The summed E-state index contributed by atoms with van der Waals surface area (Å²) < 4.78 is 5.38. The number of rotatable bonds is 2. The summed E-state index contributed by atoms with van der Waals surface area (Å²) in [5.74, 6) is -0.808. The Bertz CT molecular complexity index is 404. The van der Waals surface area contributed by atoms with Crippen LogP contribution in [0.3, 0.4) is 0 Å². The molecule has 6 heteroatoms. The summed E-state index contributed by atoms with van der Waals surface area (Å²) >= 11 is 0. The first-order chi connectivity index (χ1) is 9.24. The number of fused-ring (bicyclic) bond motifs is 1. The number of aliphatic hydroxyl groups excluding tert-OH is 1. The number of amides is 1. The Morgan fingerprint density at radius 2 is 2.10 bits per heavy atom. The van der Waals surface area contributed by atoms with Gasteiger partial charge in [0.15, 0.2) is 0 Å². The number of carbonyl (C=O) groups excluding carboxylic acids is 2. The summed E-state index contributed by atoms with van der Waals surface area (Å²) in [6, 6.07) is -1.26. The second-order valence-corrected chi connectivity index (χ2v) is 6.73. The van der Waals surface area contributed by atoms with E-state index in [4.69, 9.17) is 10.5 Å². The van der Waals surface area contributed by atoms with Crippen molar-refractivity contribution in [1.29, 1.82) is 0 Å². The Morgan fingerprint density at radius 1 is 1.45 bits per heavy atom. The van der Waals surface area contributed by atoms with Crippen molar-refractivity contribution in [3.05, 3.63) is 0 Å². The van der Waals surface area contributed by atoms with Crippen LogP contribution in [-0.2, 0) is 14.3 Å². The molecule has 0 aromatic rings. The fourth-order valence-electron chi connectivity index (χ4n) is 3.11. The van der Waals surface area contributed by atoms with Crippen LogP contribution >= 0.6 is 0 Å². The molecule has 4 atom stereocenters. The highest BCUT2D eigenvalue weighted by atomic mass is 16.6. The summed E-state index contributed by atoms with van der Waals surface area (Å²) in [4.78, 5) is 26.1. The molecular formula is C14H24N2O4. The molecule has 2 aliphatic rings. The number of ether oxygens (including phenoxy) is 1. The third-order valence-corrected chi connectivity index (χ3v) is 4.04. The standard InChI is InChI=1S/C14H24N2O4/c1-14(2,3)20-13(19)10-5-4-9-6-8(7-17)11(15)12(18)16(9)10/h8-11,17H,4-7,15H2,1-3H3/t8-,9-,10+,11+/m1/s1. The minimum Gasteiger partial charge on any atom is -0.458 e. The number of esters is 1. The Balaban J connectivity index is 2.12. The molecule has 20 heavy (non-hydrogen) atoms. The zero-order chi connectivity index (χ0) is 15.1. The van der Waals surface area contributed by atoms with Crippen molar-refractivity contribution in [3.63, 3.8) is 0 Å². The van der Waals surface area contributed by atoms with Gasteiger partial charge >= 0.3 is 5.97 Å². The number of hydrogen-bond donors (Lipinski definition) is 2. The normalized spacial score (nSPS) is 34.0. The van der Waals surface area contributed by atoms with E-state index in [0.29, 0.717) is 12.8 Å². The molecule has 0 spiro atoms. The molecule has 0 saturated carbocycles. The first-order valence-electron chi connectivity index (χ1n) is 7.16. The molecule has 1 amide bonds. The van der Waals surface area contributed by atoms with Crippen LogP contribution in [0.4, 0.5) is 0 Å². The first kappa shape index (κ1) is 15.3. The number of aliphatic hydroxyl groups is 1. The van der Waals surface area contributed by atoms with Gasteiger partial charge in [0.1, 0.15) is 11.6 Å². The van der Waals surface area contributed by atoms with Crippen molar-refractivity contribution in [2.24, 2.45) is 11.7 Å². The molecule has 0 radical (unpaired) electrons. The molecule has 2 fully saturated rings. The second-order valence-electron chi connectivity index (χ2n) is 6.73. The van der Waals surface area contributed by atoms with Gasteiger partial charge in [-0.2, -0.15) is 0 Å². The Hall–Kier alpha value is -1.14. The summed E-state index contributed by atoms with van der Waals surface area (Å²) in [5.41, 5.74) is 5.31. The predicted octanol–water partition coefficient (Wildman–Crippen LogP) is 0.0272. The second kappa shape index (κ2) is 5.33. The Morgan fingerprint density at radius 3 is 2.65 bits per heavy atom. The van der Waals surface area contributed by atoms with Gasteiger partial charge < -0.3 is 20.5 Å². The van der Waals surface area contributed by atoms with E-state index in [-0.39, 0.29) is 30.4 Å². The van der Waals surface area contributed by atoms with E-state index in [9.17, 15) is 14.7 Å². The van der Waals surface area contributed by atoms with Gasteiger partial charge in [0.25, 0.3) is 0 Å². The van der Waals surface area contributed by atoms with Gasteiger partial charge in [-0.15, -0.1) is 0 Å². The molecule has 3 N–H and O–H groups in total. The van der Waals surface area contributed by atoms with Gasteiger partial charge in [0.05, 0.1) is 6.04 Å². The van der Waals surface area contributed by atoms with Crippen LogP contribution in [0.15, 0.2) is 0 Å². The monoisotopic (exact) mass is 284 g/mol. The summed E-state index contributed by atoms with van der Waals surface area (Å²) in [6.45, 7) is 5.34. The number of nitrogens with zero attached hydrogens (tertiary/aromatic N) is 1. The highest BCUT2D eigenvalue weighted by Crippen LogP contribution is 2.35. The maximum atomic E-state index is 12.3. The van der Waals surface area contributed by atoms with E-state index < -0.39 is 17.7 Å².